The van der Waals surface area contributed by atoms with Gasteiger partial charge in [-0.1, -0.05) is 20.8 Å². The first-order valence-electron chi connectivity index (χ1n) is 6.32. The normalized spacial score (nSPS) is 15.1. The summed E-state index contributed by atoms with van der Waals surface area (Å²) in [5.41, 5.74) is 0. The third kappa shape index (κ3) is 3.52. The molecule has 0 bridgehead atoms. The largest absolute Gasteiger partial charge is 0.337 e. The number of imide groups is 2. The van der Waals surface area contributed by atoms with Crippen molar-refractivity contribution in [2.75, 3.05) is 19.6 Å². The summed E-state index contributed by atoms with van der Waals surface area (Å²) in [6.07, 6.45) is 0.0438. The number of urea groups is 2. The molecule has 1 N–H and O–H groups in total. The van der Waals surface area contributed by atoms with Crippen LogP contribution in [-0.4, -0.2) is 53.2 Å². The smallest absolute Gasteiger partial charge is 0.335 e. The number of Topliss-reactive ketones (excluding diaryl/α,β-unsaturated/α-hetero) is 1. The first-order chi connectivity index (χ1) is 8.88. The minimum absolute atomic E-state index is 0.0438. The van der Waals surface area contributed by atoms with Gasteiger partial charge in [-0.05, 0) is 5.92 Å². The van der Waals surface area contributed by atoms with Crippen LogP contribution in [0.2, 0.25) is 0 Å². The first-order valence-corrected chi connectivity index (χ1v) is 6.32. The zero-order valence-corrected chi connectivity index (χ0v) is 11.4. The molecule has 5 amide bonds. The van der Waals surface area contributed by atoms with Gasteiger partial charge in [-0.15, -0.1) is 0 Å². The molecule has 0 aliphatic carbocycles. The molecule has 1 rings (SSSR count). The standard InChI is InChI=1S/C12H19N3O4/c1-4-9(16)10(17)14-5-6-15(12(14)19)11(18)13-7-8(2)3/h8H,4-7H2,1-3H3,(H,13,18). The molecule has 0 radical (unpaired) electrons. The van der Waals surface area contributed by atoms with Crippen LogP contribution in [0.25, 0.3) is 0 Å². The van der Waals surface area contributed by atoms with Gasteiger partial charge in [0.2, 0.25) is 5.78 Å². The van der Waals surface area contributed by atoms with Gasteiger partial charge in [0.1, 0.15) is 0 Å². The fourth-order valence-electron chi connectivity index (χ4n) is 1.60. The lowest BCUT2D eigenvalue weighted by Crippen LogP contribution is -2.45. The van der Waals surface area contributed by atoms with Crippen LogP contribution in [0.5, 0.6) is 0 Å². The number of carbonyl (C=O) groups excluding carboxylic acids is 4. The Balaban J connectivity index is 2.62. The molecule has 0 aromatic rings. The van der Waals surface area contributed by atoms with Gasteiger partial charge in [-0.25, -0.2) is 14.5 Å². The van der Waals surface area contributed by atoms with E-state index in [0.29, 0.717) is 6.54 Å². The molecule has 1 aliphatic rings. The summed E-state index contributed by atoms with van der Waals surface area (Å²) >= 11 is 0. The van der Waals surface area contributed by atoms with Crippen LogP contribution < -0.4 is 5.32 Å². The lowest BCUT2D eigenvalue weighted by atomic mass is 10.2. The van der Waals surface area contributed by atoms with E-state index in [1.54, 1.807) is 6.92 Å². The molecule has 106 valence electrons. The second-order valence-corrected chi connectivity index (χ2v) is 4.75. The number of amides is 5. The van der Waals surface area contributed by atoms with Gasteiger partial charge in [-0.3, -0.25) is 14.5 Å². The van der Waals surface area contributed by atoms with Gasteiger partial charge in [0.25, 0.3) is 5.91 Å². The fraction of sp³-hybridized carbons (Fsp3) is 0.667. The maximum Gasteiger partial charge on any atom is 0.335 e. The average Bonchev–Trinajstić information content (AvgIpc) is 2.75. The quantitative estimate of drug-likeness (QED) is 0.757. The topological polar surface area (TPSA) is 86.8 Å². The van der Waals surface area contributed by atoms with Crippen molar-refractivity contribution in [3.63, 3.8) is 0 Å². The molecule has 0 unspecified atom stereocenters. The highest BCUT2D eigenvalue weighted by atomic mass is 16.2. The van der Waals surface area contributed by atoms with Crippen LogP contribution in [0.1, 0.15) is 27.2 Å². The second kappa shape index (κ2) is 6.31. The van der Waals surface area contributed by atoms with Crippen LogP contribution in [0.4, 0.5) is 9.59 Å². The molecule has 0 aromatic carbocycles. The van der Waals surface area contributed by atoms with Crippen molar-refractivity contribution >= 4 is 23.8 Å². The zero-order chi connectivity index (χ0) is 14.6. The third-order valence-electron chi connectivity index (χ3n) is 2.72. The fourth-order valence-corrected chi connectivity index (χ4v) is 1.60. The summed E-state index contributed by atoms with van der Waals surface area (Å²) in [4.78, 5) is 48.3. The van der Waals surface area contributed by atoms with Crippen molar-refractivity contribution in [3.8, 4) is 0 Å². The van der Waals surface area contributed by atoms with Crippen molar-refractivity contribution in [2.45, 2.75) is 27.2 Å². The summed E-state index contributed by atoms with van der Waals surface area (Å²) in [6.45, 7) is 6.05. The van der Waals surface area contributed by atoms with Crippen molar-refractivity contribution in [2.24, 2.45) is 5.92 Å². The number of rotatable bonds is 4. The SMILES string of the molecule is CCC(=O)C(=O)N1CCN(C(=O)NCC(C)C)C1=O. The second-order valence-electron chi connectivity index (χ2n) is 4.75. The van der Waals surface area contributed by atoms with E-state index in [1.165, 1.54) is 0 Å². The lowest BCUT2D eigenvalue weighted by Gasteiger charge is -2.16. The van der Waals surface area contributed by atoms with E-state index in [9.17, 15) is 19.2 Å². The van der Waals surface area contributed by atoms with Crippen LogP contribution >= 0.6 is 0 Å². The van der Waals surface area contributed by atoms with Gasteiger partial charge in [0.15, 0.2) is 0 Å². The number of nitrogens with one attached hydrogen (secondary N) is 1. The molecule has 0 atom stereocenters. The Kier molecular flexibility index (Phi) is 5.02. The predicted molar refractivity (Wildman–Crippen MR) is 67.3 cm³/mol. The summed E-state index contributed by atoms with van der Waals surface area (Å²) in [5, 5.41) is 2.60. The summed E-state index contributed by atoms with van der Waals surface area (Å²) in [7, 11) is 0. The van der Waals surface area contributed by atoms with Crippen molar-refractivity contribution in [1.82, 2.24) is 15.1 Å². The Bertz CT molecular complexity index is 406. The Morgan fingerprint density at radius 1 is 1.21 bits per heavy atom. The van der Waals surface area contributed by atoms with Crippen molar-refractivity contribution in [3.05, 3.63) is 0 Å². The van der Waals surface area contributed by atoms with E-state index < -0.39 is 23.8 Å². The molecule has 1 fully saturated rings. The van der Waals surface area contributed by atoms with E-state index in [-0.39, 0.29) is 25.4 Å². The Labute approximate surface area is 111 Å². The highest BCUT2D eigenvalue weighted by Gasteiger charge is 2.38. The molecular weight excluding hydrogens is 250 g/mol. The maximum atomic E-state index is 11.9. The monoisotopic (exact) mass is 269 g/mol. The number of ketones is 1. The van der Waals surface area contributed by atoms with E-state index in [1.807, 2.05) is 13.8 Å². The van der Waals surface area contributed by atoms with Crippen molar-refractivity contribution < 1.29 is 19.2 Å². The van der Waals surface area contributed by atoms with E-state index in [4.69, 9.17) is 0 Å². The Hall–Kier alpha value is -1.92. The molecule has 1 aliphatic heterocycles. The first kappa shape index (κ1) is 15.1. The van der Waals surface area contributed by atoms with Crippen LogP contribution in [-0.2, 0) is 9.59 Å². The van der Waals surface area contributed by atoms with E-state index in [2.05, 4.69) is 5.32 Å². The van der Waals surface area contributed by atoms with Crippen LogP contribution in [0.15, 0.2) is 0 Å². The Morgan fingerprint density at radius 2 is 1.79 bits per heavy atom. The molecule has 7 heteroatoms. The van der Waals surface area contributed by atoms with Gasteiger partial charge in [-0.2, -0.15) is 0 Å². The average molecular weight is 269 g/mol. The predicted octanol–water partition coefficient (Wildman–Crippen LogP) is 0.595. The van der Waals surface area contributed by atoms with E-state index in [0.717, 1.165) is 9.80 Å². The van der Waals surface area contributed by atoms with Crippen molar-refractivity contribution in [1.29, 1.82) is 0 Å². The Morgan fingerprint density at radius 3 is 2.32 bits per heavy atom. The molecular formula is C12H19N3O4. The summed E-state index contributed by atoms with van der Waals surface area (Å²) in [6, 6.07) is -1.26. The highest BCUT2D eigenvalue weighted by Crippen LogP contribution is 2.10. The number of hydrogen-bond donors (Lipinski definition) is 1. The molecule has 0 spiro atoms. The summed E-state index contributed by atoms with van der Waals surface area (Å²) in [5.74, 6) is -1.20. The van der Waals surface area contributed by atoms with Crippen LogP contribution in [0, 0.1) is 5.92 Å². The maximum absolute atomic E-state index is 11.9. The molecule has 0 saturated carbocycles. The highest BCUT2D eigenvalue weighted by molar-refractivity contribution is 6.38. The lowest BCUT2D eigenvalue weighted by molar-refractivity contribution is -0.142. The molecule has 0 aromatic heterocycles. The minimum Gasteiger partial charge on any atom is -0.337 e. The third-order valence-corrected chi connectivity index (χ3v) is 2.72. The number of carbonyl (C=O) groups is 4. The van der Waals surface area contributed by atoms with Gasteiger partial charge in [0, 0.05) is 19.5 Å². The van der Waals surface area contributed by atoms with Gasteiger partial charge < -0.3 is 5.32 Å². The van der Waals surface area contributed by atoms with Gasteiger partial charge >= 0.3 is 12.1 Å². The zero-order valence-electron chi connectivity index (χ0n) is 11.4. The number of hydrogen-bond acceptors (Lipinski definition) is 4. The minimum atomic E-state index is -0.841. The molecule has 19 heavy (non-hydrogen) atoms. The summed E-state index contributed by atoms with van der Waals surface area (Å²) < 4.78 is 0. The van der Waals surface area contributed by atoms with Gasteiger partial charge in [0.05, 0.1) is 6.54 Å². The van der Waals surface area contributed by atoms with E-state index >= 15 is 0 Å². The molecule has 7 nitrogen and oxygen atoms in total. The van der Waals surface area contributed by atoms with Crippen LogP contribution in [0.3, 0.4) is 0 Å². The molecule has 1 saturated heterocycles. The molecule has 1 heterocycles. The number of nitrogens with zero attached hydrogens (tertiary/aromatic N) is 2.